The summed E-state index contributed by atoms with van der Waals surface area (Å²) in [6.07, 6.45) is -3.76. The van der Waals surface area contributed by atoms with Crippen LogP contribution in [-0.4, -0.2) is 30.2 Å². The van der Waals surface area contributed by atoms with E-state index in [9.17, 15) is 18.0 Å². The summed E-state index contributed by atoms with van der Waals surface area (Å²) < 4.78 is 38.3. The van der Waals surface area contributed by atoms with Gasteiger partial charge in [0, 0.05) is 18.8 Å². The van der Waals surface area contributed by atoms with E-state index in [0.29, 0.717) is 18.7 Å². The van der Waals surface area contributed by atoms with Gasteiger partial charge in [0.15, 0.2) is 0 Å². The molecule has 1 N–H and O–H groups in total. The minimum Gasteiger partial charge on any atom is -0.324 e. The molecule has 1 saturated heterocycles. The van der Waals surface area contributed by atoms with Crippen LogP contribution in [0, 0.1) is 19.8 Å². The maximum atomic E-state index is 12.8. The summed E-state index contributed by atoms with van der Waals surface area (Å²) >= 11 is 0. The van der Waals surface area contributed by atoms with Gasteiger partial charge in [-0.05, 0) is 49.9 Å². The van der Waals surface area contributed by atoms with E-state index >= 15 is 0 Å². The number of anilines is 1. The van der Waals surface area contributed by atoms with Crippen LogP contribution in [0.5, 0.6) is 0 Å². The summed E-state index contributed by atoms with van der Waals surface area (Å²) in [7, 11) is 0. The molecule has 116 valence electrons. The van der Waals surface area contributed by atoms with Crippen molar-refractivity contribution in [1.29, 1.82) is 0 Å². The third kappa shape index (κ3) is 4.12. The first-order chi connectivity index (χ1) is 9.75. The maximum absolute atomic E-state index is 12.8. The lowest BCUT2D eigenvalue weighted by Gasteiger charge is -2.33. The Hall–Kier alpha value is -1.72. The molecule has 0 spiro atoms. The highest BCUT2D eigenvalue weighted by Gasteiger charge is 2.42. The lowest BCUT2D eigenvalue weighted by Crippen LogP contribution is -2.46. The van der Waals surface area contributed by atoms with Crippen LogP contribution < -0.4 is 5.32 Å². The number of piperidine rings is 1. The van der Waals surface area contributed by atoms with Crippen LogP contribution in [0.3, 0.4) is 0 Å². The van der Waals surface area contributed by atoms with Gasteiger partial charge in [0.25, 0.3) is 0 Å². The van der Waals surface area contributed by atoms with E-state index in [1.165, 1.54) is 4.90 Å². The predicted molar refractivity (Wildman–Crippen MR) is 75.3 cm³/mol. The van der Waals surface area contributed by atoms with Crippen LogP contribution in [0.15, 0.2) is 18.2 Å². The van der Waals surface area contributed by atoms with Gasteiger partial charge < -0.3 is 10.2 Å². The van der Waals surface area contributed by atoms with Gasteiger partial charge in [0.05, 0.1) is 5.92 Å². The maximum Gasteiger partial charge on any atom is 0.393 e. The normalized spacial score (nSPS) is 19.5. The Morgan fingerprint density at radius 3 is 2.43 bits per heavy atom. The Morgan fingerprint density at radius 1 is 1.24 bits per heavy atom. The van der Waals surface area contributed by atoms with Gasteiger partial charge in [0.2, 0.25) is 0 Å². The molecule has 0 saturated carbocycles. The molecule has 1 aliphatic rings. The van der Waals surface area contributed by atoms with Crippen LogP contribution in [0.4, 0.5) is 23.7 Å². The van der Waals surface area contributed by atoms with Crippen LogP contribution in [0.1, 0.15) is 24.0 Å². The van der Waals surface area contributed by atoms with Gasteiger partial charge in [-0.3, -0.25) is 0 Å². The van der Waals surface area contributed by atoms with E-state index in [2.05, 4.69) is 5.32 Å². The fourth-order valence-corrected chi connectivity index (χ4v) is 2.68. The number of benzene rings is 1. The summed E-state index contributed by atoms with van der Waals surface area (Å²) in [6.45, 7) is 3.91. The zero-order chi connectivity index (χ0) is 15.6. The second-order valence-corrected chi connectivity index (χ2v) is 5.63. The second-order valence-electron chi connectivity index (χ2n) is 5.63. The number of alkyl halides is 3. The fraction of sp³-hybridized carbons (Fsp3) is 0.533. The second kappa shape index (κ2) is 5.95. The molecule has 2 amide bonds. The van der Waals surface area contributed by atoms with Crippen LogP contribution in [0.2, 0.25) is 0 Å². The third-order valence-corrected chi connectivity index (χ3v) is 3.64. The van der Waals surface area contributed by atoms with Gasteiger partial charge >= 0.3 is 12.2 Å². The molecule has 0 aromatic heterocycles. The molecule has 0 aliphatic carbocycles. The summed E-state index contributed by atoms with van der Waals surface area (Å²) in [5.74, 6) is -1.42. The highest BCUT2D eigenvalue weighted by atomic mass is 19.4. The Balaban J connectivity index is 2.03. The number of hydrogen-bond donors (Lipinski definition) is 1. The molecule has 1 fully saturated rings. The zero-order valence-electron chi connectivity index (χ0n) is 12.1. The first-order valence-corrected chi connectivity index (χ1v) is 6.96. The number of carbonyl (C=O) groups excluding carboxylic acids is 1. The molecule has 1 heterocycles. The van der Waals surface area contributed by atoms with Crippen molar-refractivity contribution in [3.63, 3.8) is 0 Å². The minimum atomic E-state index is -4.24. The highest BCUT2D eigenvalue weighted by molar-refractivity contribution is 5.89. The summed E-state index contributed by atoms with van der Waals surface area (Å²) in [6, 6.07) is 5.11. The Morgan fingerprint density at radius 2 is 1.86 bits per heavy atom. The molecule has 2 rings (SSSR count). The van der Waals surface area contributed by atoms with Crippen molar-refractivity contribution in [3.05, 3.63) is 29.3 Å². The molecule has 6 heteroatoms. The first kappa shape index (κ1) is 15.7. The monoisotopic (exact) mass is 300 g/mol. The van der Waals surface area contributed by atoms with E-state index in [-0.39, 0.29) is 13.0 Å². The quantitative estimate of drug-likeness (QED) is 0.831. The van der Waals surface area contributed by atoms with Gasteiger partial charge in [-0.2, -0.15) is 13.2 Å². The largest absolute Gasteiger partial charge is 0.393 e. The summed E-state index contributed by atoms with van der Waals surface area (Å²) in [5.41, 5.74) is 2.61. The molecule has 1 atom stereocenters. The van der Waals surface area contributed by atoms with Crippen molar-refractivity contribution < 1.29 is 18.0 Å². The average Bonchev–Trinajstić information content (AvgIpc) is 2.36. The zero-order valence-corrected chi connectivity index (χ0v) is 12.1. The van der Waals surface area contributed by atoms with Crippen LogP contribution >= 0.6 is 0 Å². The molecule has 1 aliphatic heterocycles. The smallest absolute Gasteiger partial charge is 0.324 e. The number of urea groups is 1. The first-order valence-electron chi connectivity index (χ1n) is 6.96. The number of aryl methyl sites for hydroxylation is 2. The fourth-order valence-electron chi connectivity index (χ4n) is 2.68. The SMILES string of the molecule is Cc1cc(C)cc(NC(=O)N2CCCC(C(F)(F)F)C2)c1. The number of amides is 2. The number of nitrogens with zero attached hydrogens (tertiary/aromatic N) is 1. The van der Waals surface area contributed by atoms with Gasteiger partial charge in [-0.1, -0.05) is 6.07 Å². The third-order valence-electron chi connectivity index (χ3n) is 3.64. The van der Waals surface area contributed by atoms with Crippen LogP contribution in [-0.2, 0) is 0 Å². The highest BCUT2D eigenvalue weighted by Crippen LogP contribution is 2.33. The minimum absolute atomic E-state index is 0.0941. The topological polar surface area (TPSA) is 32.3 Å². The van der Waals surface area contributed by atoms with Crippen molar-refractivity contribution in [2.75, 3.05) is 18.4 Å². The van der Waals surface area contributed by atoms with E-state index < -0.39 is 18.1 Å². The molecule has 0 bridgehead atoms. The van der Waals surface area contributed by atoms with Gasteiger partial charge in [0.1, 0.15) is 0 Å². The Labute approximate surface area is 122 Å². The number of halogens is 3. The molecule has 21 heavy (non-hydrogen) atoms. The molecule has 1 aromatic carbocycles. The molecule has 3 nitrogen and oxygen atoms in total. The number of carbonyl (C=O) groups is 1. The van der Waals surface area contributed by atoms with Gasteiger partial charge in [-0.15, -0.1) is 0 Å². The Bertz CT molecular complexity index is 508. The van der Waals surface area contributed by atoms with Crippen LogP contribution in [0.25, 0.3) is 0 Å². The predicted octanol–water partition coefficient (Wildman–Crippen LogP) is 4.11. The average molecular weight is 300 g/mol. The van der Waals surface area contributed by atoms with E-state index in [0.717, 1.165) is 11.1 Å². The number of rotatable bonds is 1. The van der Waals surface area contributed by atoms with Crippen molar-refractivity contribution in [3.8, 4) is 0 Å². The van der Waals surface area contributed by atoms with Crippen molar-refractivity contribution in [2.24, 2.45) is 5.92 Å². The molecule has 0 radical (unpaired) electrons. The van der Waals surface area contributed by atoms with E-state index in [1.54, 1.807) is 12.1 Å². The van der Waals surface area contributed by atoms with E-state index in [1.807, 2.05) is 19.9 Å². The number of nitrogens with one attached hydrogen (secondary N) is 1. The lowest BCUT2D eigenvalue weighted by atomic mass is 9.98. The lowest BCUT2D eigenvalue weighted by molar-refractivity contribution is -0.183. The molecule has 1 aromatic rings. The molecular formula is C15H19F3N2O. The Kier molecular flexibility index (Phi) is 4.44. The van der Waals surface area contributed by atoms with Crippen molar-refractivity contribution in [1.82, 2.24) is 4.90 Å². The molecular weight excluding hydrogens is 281 g/mol. The van der Waals surface area contributed by atoms with Crippen molar-refractivity contribution >= 4 is 11.7 Å². The number of hydrogen-bond acceptors (Lipinski definition) is 1. The number of likely N-dealkylation sites (tertiary alicyclic amines) is 1. The molecule has 1 unspecified atom stereocenters. The standard InChI is InChI=1S/C15H19F3N2O/c1-10-6-11(2)8-13(7-10)19-14(21)20-5-3-4-12(9-20)15(16,17)18/h6-8,12H,3-5,9H2,1-2H3,(H,19,21). The van der Waals surface area contributed by atoms with Crippen molar-refractivity contribution in [2.45, 2.75) is 32.9 Å². The summed E-state index contributed by atoms with van der Waals surface area (Å²) in [5, 5.41) is 2.68. The van der Waals surface area contributed by atoms with E-state index in [4.69, 9.17) is 0 Å². The summed E-state index contributed by atoms with van der Waals surface area (Å²) in [4.78, 5) is 13.4. The van der Waals surface area contributed by atoms with Gasteiger partial charge in [-0.25, -0.2) is 4.79 Å².